The van der Waals surface area contributed by atoms with E-state index in [0.29, 0.717) is 24.8 Å². The van der Waals surface area contributed by atoms with Gasteiger partial charge in [-0.05, 0) is 78.8 Å². The highest BCUT2D eigenvalue weighted by molar-refractivity contribution is 5.91. The third-order valence-electron chi connectivity index (χ3n) is 4.93. The maximum atomic E-state index is 13.2. The largest absolute Gasteiger partial charge is 0.494 e. The summed E-state index contributed by atoms with van der Waals surface area (Å²) in [6, 6.07) is 12.3. The lowest BCUT2D eigenvalue weighted by atomic mass is 9.97. The van der Waals surface area contributed by atoms with E-state index in [2.05, 4.69) is 11.6 Å². The predicted octanol–water partition coefficient (Wildman–Crippen LogP) is 6.21. The smallest absolute Gasteiger partial charge is 0.339 e. The van der Waals surface area contributed by atoms with Crippen molar-refractivity contribution in [3.05, 3.63) is 119 Å². The second-order valence-corrected chi connectivity index (χ2v) is 7.27. The average Bonchev–Trinajstić information content (AvgIpc) is 2.81. The molecule has 6 heteroatoms. The van der Waals surface area contributed by atoms with Crippen LogP contribution in [0.5, 0.6) is 0 Å². The van der Waals surface area contributed by atoms with Gasteiger partial charge in [-0.3, -0.25) is 4.99 Å². The Labute approximate surface area is 192 Å². The molecule has 0 radical (unpaired) electrons. The van der Waals surface area contributed by atoms with Crippen LogP contribution in [0.2, 0.25) is 0 Å². The van der Waals surface area contributed by atoms with Crippen LogP contribution in [-0.4, -0.2) is 24.4 Å². The number of aliphatic imine (C=N–C) groups is 1. The van der Waals surface area contributed by atoms with Crippen molar-refractivity contribution in [2.45, 2.75) is 26.2 Å². The number of ether oxygens (including phenoxy) is 1. The molecule has 0 aliphatic rings. The summed E-state index contributed by atoms with van der Waals surface area (Å²) in [5.41, 5.74) is 3.23. The summed E-state index contributed by atoms with van der Waals surface area (Å²) < 4.78 is 31.5. The van der Waals surface area contributed by atoms with Crippen LogP contribution >= 0.6 is 0 Å². The predicted molar refractivity (Wildman–Crippen MR) is 127 cm³/mol. The Balaban J connectivity index is 2.22. The lowest BCUT2D eigenvalue weighted by molar-refractivity contribution is -0.132. The first-order valence-corrected chi connectivity index (χ1v) is 10.4. The minimum Gasteiger partial charge on any atom is -0.494 e. The van der Waals surface area contributed by atoms with Gasteiger partial charge in [-0.25, -0.2) is 13.6 Å². The van der Waals surface area contributed by atoms with Crippen molar-refractivity contribution in [3.63, 3.8) is 0 Å². The first-order chi connectivity index (χ1) is 15.8. The normalized spacial score (nSPS) is 13.1. The summed E-state index contributed by atoms with van der Waals surface area (Å²) in [4.78, 5) is 16.2. The molecule has 0 aliphatic carbocycles. The number of carboxylic acids is 1. The van der Waals surface area contributed by atoms with Gasteiger partial charge in [0.1, 0.15) is 17.2 Å². The molecule has 0 aromatic heterocycles. The molecule has 2 rings (SSSR count). The van der Waals surface area contributed by atoms with E-state index in [1.54, 1.807) is 36.6 Å². The maximum absolute atomic E-state index is 13.2. The third kappa shape index (κ3) is 8.33. The minimum atomic E-state index is -1.17. The van der Waals surface area contributed by atoms with E-state index in [-0.39, 0.29) is 23.0 Å². The van der Waals surface area contributed by atoms with Gasteiger partial charge in [0.15, 0.2) is 5.76 Å². The van der Waals surface area contributed by atoms with Crippen molar-refractivity contribution in [1.29, 1.82) is 0 Å². The van der Waals surface area contributed by atoms with Gasteiger partial charge in [-0.15, -0.1) is 0 Å². The van der Waals surface area contributed by atoms with Gasteiger partial charge < -0.3 is 9.84 Å². The zero-order valence-corrected chi connectivity index (χ0v) is 18.7. The van der Waals surface area contributed by atoms with Gasteiger partial charge in [0.2, 0.25) is 0 Å². The Kier molecular flexibility index (Phi) is 9.96. The third-order valence-corrected chi connectivity index (χ3v) is 4.93. The Morgan fingerprint density at radius 1 is 1.06 bits per heavy atom. The van der Waals surface area contributed by atoms with Crippen LogP contribution in [0.1, 0.15) is 24.5 Å². The standard InChI is InChI=1S/C27H27F2NO3/c1-4-19(2)22(16-21-9-13-24(29)14-10-21)17-25(27(31)32)26(33-3)18-30-15-5-6-20-7-11-23(28)12-8-20/h4,7-15,17-18H,1,5-6,16H2,2-3H3,(H,31,32)/b22-19+,25-17+,26-18-,30-15-. The zero-order valence-electron chi connectivity index (χ0n) is 18.7. The van der Waals surface area contributed by atoms with Crippen molar-refractivity contribution >= 4 is 12.2 Å². The maximum Gasteiger partial charge on any atom is 0.339 e. The quantitative estimate of drug-likeness (QED) is 0.191. The summed E-state index contributed by atoms with van der Waals surface area (Å²) in [6.45, 7) is 5.59. The molecule has 0 saturated carbocycles. The Hall–Kier alpha value is -3.80. The molecule has 4 nitrogen and oxygen atoms in total. The van der Waals surface area contributed by atoms with Crippen LogP contribution in [0, 0.1) is 11.6 Å². The number of benzene rings is 2. The van der Waals surface area contributed by atoms with Gasteiger partial charge in [-0.2, -0.15) is 0 Å². The van der Waals surface area contributed by atoms with E-state index in [1.165, 1.54) is 43.7 Å². The molecule has 0 atom stereocenters. The number of aliphatic carboxylic acids is 1. The number of hydrogen-bond acceptors (Lipinski definition) is 3. The van der Waals surface area contributed by atoms with Crippen molar-refractivity contribution in [2.24, 2.45) is 4.99 Å². The van der Waals surface area contributed by atoms with E-state index in [4.69, 9.17) is 4.74 Å². The first kappa shape index (κ1) is 25.5. The molecule has 0 amide bonds. The van der Waals surface area contributed by atoms with Gasteiger partial charge in [-0.1, -0.05) is 36.9 Å². The number of rotatable bonds is 11. The number of aryl methyl sites for hydroxylation is 1. The Bertz CT molecular complexity index is 1080. The lowest BCUT2D eigenvalue weighted by Crippen LogP contribution is -2.07. The number of halogens is 2. The fourth-order valence-electron chi connectivity index (χ4n) is 2.98. The summed E-state index contributed by atoms with van der Waals surface area (Å²) in [5.74, 6) is -1.70. The Morgan fingerprint density at radius 3 is 2.15 bits per heavy atom. The van der Waals surface area contributed by atoms with E-state index in [1.807, 2.05) is 6.92 Å². The number of carbonyl (C=O) groups is 1. The number of nitrogens with zero attached hydrogens (tertiary/aromatic N) is 1. The van der Waals surface area contributed by atoms with E-state index in [0.717, 1.165) is 16.7 Å². The molecular weight excluding hydrogens is 424 g/mol. The monoisotopic (exact) mass is 451 g/mol. The molecule has 33 heavy (non-hydrogen) atoms. The van der Waals surface area contributed by atoms with Gasteiger partial charge in [0, 0.05) is 6.21 Å². The molecule has 1 N–H and O–H groups in total. The van der Waals surface area contributed by atoms with E-state index < -0.39 is 5.97 Å². The summed E-state index contributed by atoms with van der Waals surface area (Å²) in [7, 11) is 1.38. The Morgan fingerprint density at radius 2 is 1.64 bits per heavy atom. The second kappa shape index (κ2) is 12.9. The van der Waals surface area contributed by atoms with Gasteiger partial charge in [0.05, 0.1) is 13.3 Å². The average molecular weight is 452 g/mol. The minimum absolute atomic E-state index is 0.0634. The molecule has 2 aromatic carbocycles. The highest BCUT2D eigenvalue weighted by Crippen LogP contribution is 2.21. The van der Waals surface area contributed by atoms with Crippen molar-refractivity contribution in [2.75, 3.05) is 7.11 Å². The number of allylic oxidation sites excluding steroid dienone is 4. The lowest BCUT2D eigenvalue weighted by Gasteiger charge is -2.11. The summed E-state index contributed by atoms with van der Waals surface area (Å²) in [6.07, 6.45) is 7.81. The topological polar surface area (TPSA) is 58.9 Å². The molecular formula is C27H27F2NO3. The second-order valence-electron chi connectivity index (χ2n) is 7.27. The van der Waals surface area contributed by atoms with Crippen molar-refractivity contribution in [3.8, 4) is 0 Å². The molecule has 0 fully saturated rings. The highest BCUT2D eigenvalue weighted by Gasteiger charge is 2.16. The fraction of sp³-hybridized carbons (Fsp3) is 0.185. The van der Waals surface area contributed by atoms with E-state index >= 15 is 0 Å². The number of carboxylic acid groups (broad SMARTS) is 1. The van der Waals surface area contributed by atoms with Crippen molar-refractivity contribution < 1.29 is 23.4 Å². The molecule has 172 valence electrons. The van der Waals surface area contributed by atoms with Crippen LogP contribution in [0.3, 0.4) is 0 Å². The zero-order chi connectivity index (χ0) is 24.2. The first-order valence-electron chi connectivity index (χ1n) is 10.4. The molecule has 0 spiro atoms. The number of methoxy groups -OCH3 is 1. The van der Waals surface area contributed by atoms with Gasteiger partial charge >= 0.3 is 5.97 Å². The molecule has 0 aliphatic heterocycles. The molecule has 0 unspecified atom stereocenters. The van der Waals surface area contributed by atoms with Crippen LogP contribution < -0.4 is 0 Å². The summed E-state index contributed by atoms with van der Waals surface area (Å²) in [5, 5.41) is 9.78. The highest BCUT2D eigenvalue weighted by atomic mass is 19.1. The molecule has 2 aromatic rings. The van der Waals surface area contributed by atoms with Crippen molar-refractivity contribution in [1.82, 2.24) is 0 Å². The van der Waals surface area contributed by atoms with Gasteiger partial charge in [0.25, 0.3) is 0 Å². The molecule has 0 bridgehead atoms. The molecule has 0 saturated heterocycles. The van der Waals surface area contributed by atoms with E-state index in [9.17, 15) is 18.7 Å². The van der Waals surface area contributed by atoms with Crippen LogP contribution in [0.15, 0.2) is 101 Å². The fourth-order valence-corrected chi connectivity index (χ4v) is 2.98. The van der Waals surface area contributed by atoms with Crippen LogP contribution in [-0.2, 0) is 22.4 Å². The summed E-state index contributed by atoms with van der Waals surface area (Å²) >= 11 is 0. The van der Waals surface area contributed by atoms with Crippen LogP contribution in [0.4, 0.5) is 8.78 Å². The van der Waals surface area contributed by atoms with Crippen LogP contribution in [0.25, 0.3) is 0 Å². The SMILES string of the molecule is C=C/C(C)=C(/C=C(C(=O)O)\C(=C\N=C/CCc1ccc(F)cc1)OC)Cc1ccc(F)cc1. The molecule has 0 heterocycles. The number of hydrogen-bond donors (Lipinski definition) is 1.